The van der Waals surface area contributed by atoms with Gasteiger partial charge in [0.25, 0.3) is 17.5 Å². The number of non-ortho nitro benzene ring substituents is 1. The Balaban J connectivity index is 2.02. The molecule has 26 heavy (non-hydrogen) atoms. The van der Waals surface area contributed by atoms with Crippen molar-refractivity contribution in [1.29, 1.82) is 0 Å². The molecule has 0 bridgehead atoms. The van der Waals surface area contributed by atoms with Crippen molar-refractivity contribution in [3.05, 3.63) is 74.8 Å². The summed E-state index contributed by atoms with van der Waals surface area (Å²) in [5.74, 6) is -1.73. The maximum absolute atomic E-state index is 12.7. The number of imide groups is 2. The minimum atomic E-state index is -0.978. The van der Waals surface area contributed by atoms with Crippen LogP contribution in [0.1, 0.15) is 5.56 Å². The van der Waals surface area contributed by atoms with E-state index in [0.717, 1.165) is 6.07 Å². The van der Waals surface area contributed by atoms with Crippen LogP contribution in [0.5, 0.6) is 0 Å². The van der Waals surface area contributed by atoms with E-state index < -0.39 is 22.8 Å². The Bertz CT molecular complexity index is 969. The molecule has 0 aliphatic carbocycles. The minimum absolute atomic E-state index is 0.0174. The second-order valence-corrected chi connectivity index (χ2v) is 5.72. The highest BCUT2D eigenvalue weighted by Crippen LogP contribution is 2.25. The highest BCUT2D eigenvalue weighted by atomic mass is 35.5. The molecule has 1 saturated heterocycles. The Kier molecular flexibility index (Phi) is 4.51. The molecule has 0 radical (unpaired) electrons. The van der Waals surface area contributed by atoms with Crippen molar-refractivity contribution in [2.45, 2.75) is 0 Å². The molecule has 2 aromatic carbocycles. The fraction of sp³-hybridized carbons (Fsp3) is 0. The van der Waals surface area contributed by atoms with E-state index in [9.17, 15) is 24.5 Å². The van der Waals surface area contributed by atoms with Gasteiger partial charge in [0.05, 0.1) is 10.6 Å². The Labute approximate surface area is 151 Å². The molecule has 1 fully saturated rings. The summed E-state index contributed by atoms with van der Waals surface area (Å²) < 4.78 is 0. The maximum Gasteiger partial charge on any atom is 0.335 e. The van der Waals surface area contributed by atoms with Crippen LogP contribution in [0.25, 0.3) is 6.08 Å². The van der Waals surface area contributed by atoms with Crippen LogP contribution in [0.2, 0.25) is 5.02 Å². The van der Waals surface area contributed by atoms with Crippen molar-refractivity contribution in [3.63, 3.8) is 0 Å². The average Bonchev–Trinajstić information content (AvgIpc) is 2.60. The largest absolute Gasteiger partial charge is 0.335 e. The molecular weight excluding hydrogens is 362 g/mol. The lowest BCUT2D eigenvalue weighted by molar-refractivity contribution is -0.384. The summed E-state index contributed by atoms with van der Waals surface area (Å²) >= 11 is 5.80. The second kappa shape index (κ2) is 6.77. The zero-order chi connectivity index (χ0) is 18.8. The number of nitro groups is 1. The highest BCUT2D eigenvalue weighted by Gasteiger charge is 2.37. The van der Waals surface area contributed by atoms with Gasteiger partial charge in [-0.05, 0) is 29.8 Å². The molecule has 8 nitrogen and oxygen atoms in total. The number of nitrogens with zero attached hydrogens (tertiary/aromatic N) is 2. The summed E-state index contributed by atoms with van der Waals surface area (Å²) in [6.45, 7) is 0. The molecule has 0 saturated carbocycles. The van der Waals surface area contributed by atoms with Crippen LogP contribution < -0.4 is 10.2 Å². The van der Waals surface area contributed by atoms with Gasteiger partial charge in [-0.15, -0.1) is 0 Å². The van der Waals surface area contributed by atoms with Gasteiger partial charge in [0.1, 0.15) is 5.57 Å². The predicted octanol–water partition coefficient (Wildman–Crippen LogP) is 2.91. The summed E-state index contributed by atoms with van der Waals surface area (Å²) in [5.41, 5.74) is -0.0564. The Morgan fingerprint density at radius 1 is 1.08 bits per heavy atom. The second-order valence-electron chi connectivity index (χ2n) is 5.29. The topological polar surface area (TPSA) is 110 Å². The number of nitro benzene ring substituents is 1. The number of urea groups is 1. The van der Waals surface area contributed by atoms with E-state index in [0.29, 0.717) is 15.5 Å². The molecule has 9 heteroatoms. The first-order valence-corrected chi connectivity index (χ1v) is 7.66. The van der Waals surface area contributed by atoms with Gasteiger partial charge in [-0.1, -0.05) is 29.8 Å². The van der Waals surface area contributed by atoms with Gasteiger partial charge in [0.2, 0.25) is 0 Å². The van der Waals surface area contributed by atoms with Crippen molar-refractivity contribution in [2.75, 3.05) is 4.90 Å². The number of rotatable bonds is 3. The molecule has 1 heterocycles. The molecule has 0 atom stereocenters. The molecule has 4 amide bonds. The van der Waals surface area contributed by atoms with E-state index in [1.807, 2.05) is 0 Å². The first-order valence-electron chi connectivity index (χ1n) is 7.28. The molecule has 3 rings (SSSR count). The highest BCUT2D eigenvalue weighted by molar-refractivity contribution is 6.39. The van der Waals surface area contributed by atoms with E-state index >= 15 is 0 Å². The SMILES string of the molecule is O=C1NC(=O)N(c2cccc([N+](=O)[O-])c2)C(=O)/C1=C/c1ccc(Cl)cc1. The third kappa shape index (κ3) is 3.31. The summed E-state index contributed by atoms with van der Waals surface area (Å²) in [6, 6.07) is 10.4. The van der Waals surface area contributed by atoms with Gasteiger partial charge in [0.15, 0.2) is 0 Å². The zero-order valence-corrected chi connectivity index (χ0v) is 13.8. The first-order chi connectivity index (χ1) is 12.4. The van der Waals surface area contributed by atoms with E-state index in [1.165, 1.54) is 24.3 Å². The van der Waals surface area contributed by atoms with Gasteiger partial charge in [0, 0.05) is 17.2 Å². The first kappa shape index (κ1) is 17.3. The lowest BCUT2D eigenvalue weighted by Gasteiger charge is -2.26. The lowest BCUT2D eigenvalue weighted by atomic mass is 10.1. The quantitative estimate of drug-likeness (QED) is 0.386. The number of nitrogens with one attached hydrogen (secondary N) is 1. The van der Waals surface area contributed by atoms with Gasteiger partial charge >= 0.3 is 6.03 Å². The van der Waals surface area contributed by atoms with E-state index in [1.54, 1.807) is 24.3 Å². The maximum atomic E-state index is 12.7. The Morgan fingerprint density at radius 2 is 1.77 bits per heavy atom. The number of carbonyl (C=O) groups is 3. The summed E-state index contributed by atoms with van der Waals surface area (Å²) in [6.07, 6.45) is 1.31. The fourth-order valence-electron chi connectivity index (χ4n) is 2.36. The zero-order valence-electron chi connectivity index (χ0n) is 13.0. The lowest BCUT2D eigenvalue weighted by Crippen LogP contribution is -2.54. The summed E-state index contributed by atoms with van der Waals surface area (Å²) in [7, 11) is 0. The molecule has 1 aliphatic rings. The van der Waals surface area contributed by atoms with Crippen molar-refractivity contribution >= 4 is 46.9 Å². The number of anilines is 1. The smallest absolute Gasteiger partial charge is 0.273 e. The van der Waals surface area contributed by atoms with Crippen LogP contribution in [0.3, 0.4) is 0 Å². The van der Waals surface area contributed by atoms with Crippen LogP contribution in [0, 0.1) is 10.1 Å². The van der Waals surface area contributed by atoms with Crippen molar-refractivity contribution in [1.82, 2.24) is 5.32 Å². The molecular formula is C17H10ClN3O5. The van der Waals surface area contributed by atoms with Crippen LogP contribution in [-0.2, 0) is 9.59 Å². The van der Waals surface area contributed by atoms with Gasteiger partial charge < -0.3 is 0 Å². The van der Waals surface area contributed by atoms with Crippen LogP contribution in [0.4, 0.5) is 16.2 Å². The number of halogens is 1. The monoisotopic (exact) mass is 371 g/mol. The number of barbiturate groups is 1. The number of hydrogen-bond acceptors (Lipinski definition) is 5. The van der Waals surface area contributed by atoms with E-state index in [4.69, 9.17) is 11.6 Å². The predicted molar refractivity (Wildman–Crippen MR) is 93.6 cm³/mol. The van der Waals surface area contributed by atoms with Gasteiger partial charge in [-0.25, -0.2) is 9.69 Å². The number of amides is 4. The molecule has 0 unspecified atom stereocenters. The molecule has 1 aliphatic heterocycles. The Morgan fingerprint density at radius 3 is 2.42 bits per heavy atom. The standard InChI is InChI=1S/C17H10ClN3O5/c18-11-6-4-10(5-7-11)8-14-15(22)19-17(24)20(16(14)23)12-2-1-3-13(9-12)21(25)26/h1-9H,(H,19,22,24)/b14-8+. The number of hydrogen-bond donors (Lipinski definition) is 1. The third-order valence-electron chi connectivity index (χ3n) is 3.58. The average molecular weight is 372 g/mol. The van der Waals surface area contributed by atoms with Gasteiger partial charge in [-0.3, -0.25) is 25.0 Å². The number of carbonyl (C=O) groups excluding carboxylic acids is 3. The third-order valence-corrected chi connectivity index (χ3v) is 3.83. The van der Waals surface area contributed by atoms with E-state index in [2.05, 4.69) is 5.32 Å². The van der Waals surface area contributed by atoms with Crippen LogP contribution >= 0.6 is 11.6 Å². The Hall–Kier alpha value is -3.52. The summed E-state index contributed by atoms with van der Waals surface area (Å²) in [4.78, 5) is 47.8. The normalized spacial score (nSPS) is 16.0. The molecule has 1 N–H and O–H groups in total. The minimum Gasteiger partial charge on any atom is -0.273 e. The van der Waals surface area contributed by atoms with E-state index in [-0.39, 0.29) is 16.9 Å². The van der Waals surface area contributed by atoms with Gasteiger partial charge in [-0.2, -0.15) is 0 Å². The van der Waals surface area contributed by atoms with Crippen molar-refractivity contribution in [3.8, 4) is 0 Å². The van der Waals surface area contributed by atoms with Crippen molar-refractivity contribution in [2.24, 2.45) is 0 Å². The van der Waals surface area contributed by atoms with Crippen LogP contribution in [-0.4, -0.2) is 22.8 Å². The molecule has 2 aromatic rings. The summed E-state index contributed by atoms with van der Waals surface area (Å²) in [5, 5.41) is 13.4. The fourth-order valence-corrected chi connectivity index (χ4v) is 2.49. The number of benzene rings is 2. The molecule has 0 aromatic heterocycles. The van der Waals surface area contributed by atoms with Crippen LogP contribution in [0.15, 0.2) is 54.1 Å². The van der Waals surface area contributed by atoms with Crippen molar-refractivity contribution < 1.29 is 19.3 Å². The molecule has 0 spiro atoms. The molecule has 130 valence electrons.